The van der Waals surface area contributed by atoms with E-state index < -0.39 is 29.3 Å². The van der Waals surface area contributed by atoms with Gasteiger partial charge in [0.1, 0.15) is 17.1 Å². The Kier molecular flexibility index (Phi) is 9.70. The standard InChI is InChI=1S/C27H32N4O6/c1-4-27(26(35)36,14-13-22(28)32)31(5-2)24(33)17(3)15-18-7-6-8-20(16-18)25(34)37-21-11-9-19(10-12-21)23(29)30/h6-12,15-16H,4-5,13-14H2,1-3H3,(H2,28,32)(H3,29,30)(H,35,36)/t27-/m0/s1. The lowest BCUT2D eigenvalue weighted by Gasteiger charge is -2.39. The fraction of sp³-hybridized carbons (Fsp3) is 0.296. The van der Waals surface area contributed by atoms with E-state index >= 15 is 0 Å². The summed E-state index contributed by atoms with van der Waals surface area (Å²) in [7, 11) is 0. The first kappa shape index (κ1) is 28.8. The predicted molar refractivity (Wildman–Crippen MR) is 139 cm³/mol. The fourth-order valence-electron chi connectivity index (χ4n) is 4.00. The summed E-state index contributed by atoms with van der Waals surface area (Å²) in [6.45, 7) is 4.98. The number of nitrogen functional groups attached to an aromatic ring is 1. The highest BCUT2D eigenvalue weighted by Gasteiger charge is 2.44. The number of ether oxygens (including phenoxy) is 1. The summed E-state index contributed by atoms with van der Waals surface area (Å²) in [6.07, 6.45) is 1.38. The van der Waals surface area contributed by atoms with E-state index in [9.17, 15) is 24.3 Å². The molecular weight excluding hydrogens is 476 g/mol. The second-order valence-electron chi connectivity index (χ2n) is 8.49. The molecule has 0 spiro atoms. The number of likely N-dealkylation sites (N-methyl/N-ethyl adjacent to an activating group) is 1. The second kappa shape index (κ2) is 12.5. The number of carboxylic acids is 1. The van der Waals surface area contributed by atoms with E-state index in [1.807, 2.05) is 0 Å². The van der Waals surface area contributed by atoms with Gasteiger partial charge in [-0.2, -0.15) is 0 Å². The average molecular weight is 509 g/mol. The molecule has 2 rings (SSSR count). The van der Waals surface area contributed by atoms with Crippen LogP contribution in [0.15, 0.2) is 54.1 Å². The monoisotopic (exact) mass is 508 g/mol. The smallest absolute Gasteiger partial charge is 0.343 e. The van der Waals surface area contributed by atoms with Gasteiger partial charge in [0.2, 0.25) is 11.8 Å². The summed E-state index contributed by atoms with van der Waals surface area (Å²) < 4.78 is 5.38. The summed E-state index contributed by atoms with van der Waals surface area (Å²) in [5.41, 5.74) is 10.6. The highest BCUT2D eigenvalue weighted by molar-refractivity contribution is 6.01. The molecule has 2 aromatic carbocycles. The van der Waals surface area contributed by atoms with Crippen LogP contribution in [-0.4, -0.2) is 51.7 Å². The predicted octanol–water partition coefficient (Wildman–Crippen LogP) is 2.94. The van der Waals surface area contributed by atoms with E-state index in [2.05, 4.69) is 0 Å². The topological polar surface area (TPSA) is 177 Å². The number of esters is 1. The first-order chi connectivity index (χ1) is 17.4. The maximum atomic E-state index is 13.3. The van der Waals surface area contributed by atoms with Gasteiger partial charge < -0.3 is 26.2 Å². The molecule has 0 saturated carbocycles. The van der Waals surface area contributed by atoms with Crippen molar-refractivity contribution in [1.29, 1.82) is 5.41 Å². The van der Waals surface area contributed by atoms with E-state index in [1.165, 1.54) is 17.0 Å². The Hall–Kier alpha value is -4.47. The van der Waals surface area contributed by atoms with Crippen molar-refractivity contribution >= 4 is 35.7 Å². The van der Waals surface area contributed by atoms with Gasteiger partial charge in [0.25, 0.3) is 0 Å². The molecule has 2 amide bonds. The number of rotatable bonds is 12. The number of amides is 2. The lowest BCUT2D eigenvalue weighted by molar-refractivity contribution is -0.159. The molecule has 0 aromatic heterocycles. The van der Waals surface area contributed by atoms with Crippen LogP contribution in [0.2, 0.25) is 0 Å². The molecule has 0 aliphatic rings. The van der Waals surface area contributed by atoms with E-state index in [0.717, 1.165) is 0 Å². The summed E-state index contributed by atoms with van der Waals surface area (Å²) >= 11 is 0. The summed E-state index contributed by atoms with van der Waals surface area (Å²) in [5, 5.41) is 17.4. The quantitative estimate of drug-likeness (QED) is 0.112. The lowest BCUT2D eigenvalue weighted by atomic mass is 9.87. The third kappa shape index (κ3) is 7.03. The minimum Gasteiger partial charge on any atom is -0.479 e. The highest BCUT2D eigenvalue weighted by Crippen LogP contribution is 2.28. The van der Waals surface area contributed by atoms with Gasteiger partial charge >= 0.3 is 11.9 Å². The number of benzene rings is 2. The number of aliphatic carboxylic acids is 1. The molecule has 0 aliphatic heterocycles. The number of nitrogens with two attached hydrogens (primary N) is 2. The maximum absolute atomic E-state index is 13.3. The van der Waals surface area contributed by atoms with Crippen LogP contribution in [0.1, 0.15) is 61.5 Å². The Balaban J connectivity index is 2.28. The van der Waals surface area contributed by atoms with Crippen LogP contribution >= 0.6 is 0 Å². The van der Waals surface area contributed by atoms with Crippen molar-refractivity contribution in [3.8, 4) is 5.75 Å². The number of hydrogen-bond donors (Lipinski definition) is 4. The van der Waals surface area contributed by atoms with E-state index in [1.54, 1.807) is 63.2 Å². The van der Waals surface area contributed by atoms with Crippen molar-refractivity contribution in [2.45, 2.75) is 45.6 Å². The molecule has 2 aromatic rings. The Labute approximate surface area is 215 Å². The van der Waals surface area contributed by atoms with E-state index in [-0.39, 0.29) is 48.5 Å². The third-order valence-corrected chi connectivity index (χ3v) is 6.06. The minimum absolute atomic E-state index is 0.0944. The van der Waals surface area contributed by atoms with Gasteiger partial charge in [-0.05, 0) is 74.7 Å². The number of hydrogen-bond acceptors (Lipinski definition) is 6. The first-order valence-electron chi connectivity index (χ1n) is 11.7. The van der Waals surface area contributed by atoms with Crippen molar-refractivity contribution in [2.75, 3.05) is 6.54 Å². The molecule has 10 heteroatoms. The Morgan fingerprint density at radius 1 is 1.05 bits per heavy atom. The number of nitrogens with zero attached hydrogens (tertiary/aromatic N) is 1. The Morgan fingerprint density at radius 2 is 1.70 bits per heavy atom. The molecule has 10 nitrogen and oxygen atoms in total. The molecule has 1 atom stereocenters. The lowest BCUT2D eigenvalue weighted by Crippen LogP contribution is -2.57. The number of carbonyl (C=O) groups excluding carboxylic acids is 3. The first-order valence-corrected chi connectivity index (χ1v) is 11.7. The Morgan fingerprint density at radius 3 is 2.22 bits per heavy atom. The molecule has 0 aliphatic carbocycles. The fourth-order valence-corrected chi connectivity index (χ4v) is 4.00. The SMILES string of the molecule is CCN(C(=O)C(C)=Cc1cccc(C(=O)Oc2ccc(C(=N)N)cc2)c1)[C@@](CC)(CCC(N)=O)C(=O)O. The van der Waals surface area contributed by atoms with Crippen molar-refractivity contribution in [3.63, 3.8) is 0 Å². The number of nitrogens with one attached hydrogen (secondary N) is 1. The van der Waals surface area contributed by atoms with Gasteiger partial charge in [0.05, 0.1) is 5.56 Å². The maximum Gasteiger partial charge on any atom is 0.343 e. The molecule has 0 fully saturated rings. The zero-order valence-electron chi connectivity index (χ0n) is 21.1. The zero-order chi connectivity index (χ0) is 27.8. The molecular formula is C27H32N4O6. The van der Waals surface area contributed by atoms with Gasteiger partial charge in [-0.3, -0.25) is 15.0 Å². The normalized spacial score (nSPS) is 12.8. The molecule has 0 bridgehead atoms. The van der Waals surface area contributed by atoms with Gasteiger partial charge in [-0.1, -0.05) is 19.1 Å². The van der Waals surface area contributed by atoms with Crippen LogP contribution in [0.5, 0.6) is 5.75 Å². The van der Waals surface area contributed by atoms with Crippen molar-refractivity contribution in [2.24, 2.45) is 11.5 Å². The van der Waals surface area contributed by atoms with Crippen LogP contribution in [0, 0.1) is 5.41 Å². The second-order valence-corrected chi connectivity index (χ2v) is 8.49. The number of carbonyl (C=O) groups is 4. The van der Waals surface area contributed by atoms with E-state index in [0.29, 0.717) is 11.1 Å². The zero-order valence-corrected chi connectivity index (χ0v) is 21.1. The van der Waals surface area contributed by atoms with Crippen molar-refractivity contribution < 1.29 is 29.0 Å². The van der Waals surface area contributed by atoms with Crippen molar-refractivity contribution in [1.82, 2.24) is 4.90 Å². The number of amidine groups is 1. The van der Waals surface area contributed by atoms with Gasteiger partial charge in [-0.15, -0.1) is 0 Å². The van der Waals surface area contributed by atoms with Gasteiger partial charge in [0, 0.05) is 24.1 Å². The summed E-state index contributed by atoms with van der Waals surface area (Å²) in [5.74, 6) is -2.80. The molecule has 0 saturated heterocycles. The molecule has 6 N–H and O–H groups in total. The number of carboxylic acid groups (broad SMARTS) is 1. The molecule has 0 radical (unpaired) electrons. The van der Waals surface area contributed by atoms with Gasteiger partial charge in [0.15, 0.2) is 0 Å². The van der Waals surface area contributed by atoms with Crippen LogP contribution in [0.25, 0.3) is 6.08 Å². The minimum atomic E-state index is -1.58. The molecule has 196 valence electrons. The molecule has 37 heavy (non-hydrogen) atoms. The van der Waals surface area contributed by atoms with E-state index in [4.69, 9.17) is 21.6 Å². The van der Waals surface area contributed by atoms with Crippen LogP contribution < -0.4 is 16.2 Å². The van der Waals surface area contributed by atoms with Crippen LogP contribution in [-0.2, 0) is 14.4 Å². The van der Waals surface area contributed by atoms with Crippen LogP contribution in [0.4, 0.5) is 0 Å². The number of primary amides is 1. The van der Waals surface area contributed by atoms with Crippen LogP contribution in [0.3, 0.4) is 0 Å². The molecule has 0 heterocycles. The highest BCUT2D eigenvalue weighted by atomic mass is 16.5. The third-order valence-electron chi connectivity index (χ3n) is 6.06. The molecule has 0 unspecified atom stereocenters. The van der Waals surface area contributed by atoms with Crippen molar-refractivity contribution in [3.05, 3.63) is 70.8 Å². The van der Waals surface area contributed by atoms with Gasteiger partial charge in [-0.25, -0.2) is 9.59 Å². The average Bonchev–Trinajstić information content (AvgIpc) is 2.86. The summed E-state index contributed by atoms with van der Waals surface area (Å²) in [6, 6.07) is 12.6. The summed E-state index contributed by atoms with van der Waals surface area (Å²) in [4.78, 5) is 50.8. The largest absolute Gasteiger partial charge is 0.479 e. The Bertz CT molecular complexity index is 1220.